The van der Waals surface area contributed by atoms with Crippen LogP contribution in [0, 0.1) is 11.7 Å². The highest BCUT2D eigenvalue weighted by atomic mass is 19.1. The topological polar surface area (TPSA) is 136 Å². The van der Waals surface area contributed by atoms with Gasteiger partial charge in [0.25, 0.3) is 17.4 Å². The number of benzene rings is 3. The van der Waals surface area contributed by atoms with E-state index in [2.05, 4.69) is 15.5 Å². The third kappa shape index (κ3) is 6.48. The van der Waals surface area contributed by atoms with Crippen molar-refractivity contribution in [3.05, 3.63) is 123 Å². The number of aromatic nitrogens is 1. The first-order chi connectivity index (χ1) is 22.6. The number of nitrogens with one attached hydrogen (secondary N) is 2. The number of anilines is 3. The number of ether oxygens (including phenoxy) is 2. The number of carbonyl (C=O) groups excluding carboxylic acids is 4. The molecule has 2 atom stereocenters. The number of nitrogens with zero attached hydrogens (tertiary/aromatic N) is 2. The van der Waals surface area contributed by atoms with Gasteiger partial charge in [-0.3, -0.25) is 14.4 Å². The average molecular weight is 639 g/mol. The zero-order valence-corrected chi connectivity index (χ0v) is 25.6. The highest BCUT2D eigenvalue weighted by Crippen LogP contribution is 2.39. The molecule has 12 heteroatoms. The monoisotopic (exact) mass is 638 g/mol. The predicted molar refractivity (Wildman–Crippen MR) is 172 cm³/mol. The summed E-state index contributed by atoms with van der Waals surface area (Å²) in [5.74, 6) is -2.68. The van der Waals surface area contributed by atoms with Crippen LogP contribution in [-0.4, -0.2) is 55.6 Å². The summed E-state index contributed by atoms with van der Waals surface area (Å²) in [5, 5.41) is 5.61. The Morgan fingerprint density at radius 2 is 1.40 bits per heavy atom. The number of carbonyl (C=O) groups is 4. The Bertz CT molecular complexity index is 1920. The molecule has 3 aromatic carbocycles. The molecular formula is C35H31FN4O7. The molecule has 3 heterocycles. The van der Waals surface area contributed by atoms with Crippen molar-refractivity contribution in [1.29, 1.82) is 0 Å². The van der Waals surface area contributed by atoms with Gasteiger partial charge in [-0.1, -0.05) is 6.07 Å². The number of rotatable bonds is 7. The lowest BCUT2D eigenvalue weighted by Gasteiger charge is -2.44. The molecular weight excluding hydrogens is 607 g/mol. The van der Waals surface area contributed by atoms with Crippen molar-refractivity contribution in [3.63, 3.8) is 0 Å². The summed E-state index contributed by atoms with van der Waals surface area (Å²) in [5.41, 5.74) is 2.61. The van der Waals surface area contributed by atoms with Crippen molar-refractivity contribution in [2.24, 2.45) is 5.92 Å². The molecule has 6 rings (SSSR count). The van der Waals surface area contributed by atoms with Gasteiger partial charge in [0.2, 0.25) is 0 Å². The Morgan fingerprint density at radius 3 is 2.09 bits per heavy atom. The van der Waals surface area contributed by atoms with Crippen LogP contribution in [0.5, 0.6) is 0 Å². The zero-order chi connectivity index (χ0) is 33.2. The molecule has 2 unspecified atom stereocenters. The van der Waals surface area contributed by atoms with E-state index in [0.29, 0.717) is 31.0 Å². The lowest BCUT2D eigenvalue weighted by molar-refractivity contribution is 0.0598. The van der Waals surface area contributed by atoms with Gasteiger partial charge in [-0.05, 0) is 79.1 Å². The third-order valence-electron chi connectivity index (χ3n) is 8.47. The summed E-state index contributed by atoms with van der Waals surface area (Å²) >= 11 is 0. The first-order valence-electron chi connectivity index (χ1n) is 14.9. The molecule has 4 aromatic rings. The number of methoxy groups -OCH3 is 2. The maximum atomic E-state index is 13.6. The molecule has 2 aliphatic heterocycles. The molecule has 1 aromatic heterocycles. The van der Waals surface area contributed by atoms with E-state index >= 15 is 0 Å². The molecule has 2 aliphatic rings. The quantitative estimate of drug-likeness (QED) is 0.279. The first-order valence-corrected chi connectivity index (χ1v) is 14.9. The minimum absolute atomic E-state index is 0.0240. The number of esters is 2. The highest BCUT2D eigenvalue weighted by molar-refractivity contribution is 6.10. The lowest BCUT2D eigenvalue weighted by atomic mass is 9.83. The van der Waals surface area contributed by atoms with Gasteiger partial charge in [0, 0.05) is 54.1 Å². The molecule has 0 saturated carbocycles. The number of halogens is 1. The van der Waals surface area contributed by atoms with Crippen molar-refractivity contribution in [2.45, 2.75) is 18.9 Å². The average Bonchev–Trinajstić information content (AvgIpc) is 3.08. The molecule has 1 fully saturated rings. The van der Waals surface area contributed by atoms with Crippen molar-refractivity contribution in [3.8, 4) is 0 Å². The maximum absolute atomic E-state index is 13.6. The fraction of sp³-hybridized carbons (Fsp3) is 0.229. The summed E-state index contributed by atoms with van der Waals surface area (Å²) in [6.07, 6.45) is 0.927. The largest absolute Gasteiger partial charge is 0.465 e. The van der Waals surface area contributed by atoms with E-state index in [9.17, 15) is 28.4 Å². The van der Waals surface area contributed by atoms with Gasteiger partial charge in [0.1, 0.15) is 5.82 Å². The Morgan fingerprint density at radius 1 is 0.745 bits per heavy atom. The summed E-state index contributed by atoms with van der Waals surface area (Å²) in [4.78, 5) is 66.0. The van der Waals surface area contributed by atoms with E-state index in [1.165, 1.54) is 56.7 Å². The van der Waals surface area contributed by atoms with Gasteiger partial charge in [-0.15, -0.1) is 0 Å². The molecule has 2 N–H and O–H groups in total. The van der Waals surface area contributed by atoms with E-state index in [1.54, 1.807) is 30.3 Å². The second-order valence-electron chi connectivity index (χ2n) is 11.5. The normalized spacial score (nSPS) is 16.4. The van der Waals surface area contributed by atoms with E-state index < -0.39 is 29.6 Å². The summed E-state index contributed by atoms with van der Waals surface area (Å²) < 4.78 is 25.0. The van der Waals surface area contributed by atoms with Crippen LogP contribution in [-0.2, 0) is 16.0 Å². The second kappa shape index (κ2) is 12.9. The number of pyridine rings is 1. The van der Waals surface area contributed by atoms with Gasteiger partial charge in [0.05, 0.1) is 36.7 Å². The first kappa shape index (κ1) is 31.2. The smallest absolute Gasteiger partial charge is 0.337 e. The molecule has 47 heavy (non-hydrogen) atoms. The van der Waals surface area contributed by atoms with Crippen LogP contribution < -0.4 is 21.1 Å². The number of hydrogen-bond acceptors (Lipinski definition) is 8. The number of fused-ring (bicyclic) bond motifs is 4. The van der Waals surface area contributed by atoms with Gasteiger partial charge >= 0.3 is 11.9 Å². The van der Waals surface area contributed by atoms with Gasteiger partial charge in [-0.25, -0.2) is 14.0 Å². The van der Waals surface area contributed by atoms with Crippen LogP contribution in [0.3, 0.4) is 0 Å². The minimum atomic E-state index is -0.708. The standard InChI is InChI=1S/C35H31FN4O7/c1-46-34(44)23-13-24(35(45)47-2)15-27(14-23)37-33(43)22-8-11-30(28(16-22)38-32(42)21-6-9-26(36)10-7-21)39-17-20-12-25(19-39)29-4-3-5-31(41)40(29)18-20/h3-11,13-16,20,25H,12,17-19H2,1-2H3,(H,37,43)(H,38,42). The molecule has 2 bridgehead atoms. The van der Waals surface area contributed by atoms with Crippen LogP contribution >= 0.6 is 0 Å². The van der Waals surface area contributed by atoms with E-state index in [4.69, 9.17) is 9.47 Å². The molecule has 1 saturated heterocycles. The van der Waals surface area contributed by atoms with Crippen molar-refractivity contribution in [2.75, 3.05) is 42.8 Å². The molecule has 2 amide bonds. The van der Waals surface area contributed by atoms with Gasteiger partial charge < -0.3 is 29.6 Å². The second-order valence-corrected chi connectivity index (χ2v) is 11.5. The molecule has 0 radical (unpaired) electrons. The van der Waals surface area contributed by atoms with Crippen LogP contribution in [0.1, 0.15) is 59.5 Å². The van der Waals surface area contributed by atoms with E-state index in [-0.39, 0.29) is 45.3 Å². The number of piperidine rings is 1. The fourth-order valence-electron chi connectivity index (χ4n) is 6.32. The maximum Gasteiger partial charge on any atom is 0.337 e. The lowest BCUT2D eigenvalue weighted by Crippen LogP contribution is -2.47. The van der Waals surface area contributed by atoms with Gasteiger partial charge in [0.15, 0.2) is 0 Å². The molecule has 11 nitrogen and oxygen atoms in total. The third-order valence-corrected chi connectivity index (χ3v) is 8.47. The van der Waals surface area contributed by atoms with E-state index in [0.717, 1.165) is 12.1 Å². The van der Waals surface area contributed by atoms with Crippen molar-refractivity contribution < 1.29 is 33.0 Å². The van der Waals surface area contributed by atoms with Crippen molar-refractivity contribution in [1.82, 2.24) is 4.57 Å². The Kier molecular flexibility index (Phi) is 8.57. The Labute approximate surface area is 268 Å². The van der Waals surface area contributed by atoms with Crippen LogP contribution in [0.25, 0.3) is 0 Å². The van der Waals surface area contributed by atoms with Gasteiger partial charge in [-0.2, -0.15) is 0 Å². The summed E-state index contributed by atoms with van der Waals surface area (Å²) in [7, 11) is 2.39. The number of hydrogen-bond donors (Lipinski definition) is 2. The fourth-order valence-corrected chi connectivity index (χ4v) is 6.32. The highest BCUT2D eigenvalue weighted by Gasteiger charge is 2.35. The SMILES string of the molecule is COC(=O)c1cc(NC(=O)c2ccc(N3CC4CC(C3)c3cccc(=O)n3C4)c(NC(=O)c3ccc(F)cc3)c2)cc(C(=O)OC)c1. The predicted octanol–water partition coefficient (Wildman–Crippen LogP) is 4.69. The zero-order valence-electron chi connectivity index (χ0n) is 25.6. The van der Waals surface area contributed by atoms with Crippen LogP contribution in [0.4, 0.5) is 21.5 Å². The number of amides is 2. The summed E-state index contributed by atoms with van der Waals surface area (Å²) in [6, 6.07) is 19.4. The van der Waals surface area contributed by atoms with E-state index in [1.807, 2.05) is 10.6 Å². The Balaban J connectivity index is 1.33. The Hall–Kier alpha value is -5.78. The molecule has 240 valence electrons. The molecule has 0 spiro atoms. The summed E-state index contributed by atoms with van der Waals surface area (Å²) in [6.45, 7) is 1.79. The van der Waals surface area contributed by atoms with Crippen molar-refractivity contribution >= 4 is 40.8 Å². The molecule has 0 aliphatic carbocycles. The van der Waals surface area contributed by atoms with Crippen LogP contribution in [0.15, 0.2) is 83.7 Å². The minimum Gasteiger partial charge on any atom is -0.465 e. The van der Waals surface area contributed by atoms with Crippen LogP contribution in [0.2, 0.25) is 0 Å².